The lowest BCUT2D eigenvalue weighted by atomic mass is 10.2. The standard InChI is InChI=1S/C17H14Cl3N3O2/c18-10-1-4-13(5-2-10)23-9-12(8-16(23)24)21-17(25)22-15-7-11(19)3-6-14(15)20/h1-7,12H,8-9H2,(H2,21,22,25)/t12-/m0/s1. The average molecular weight is 399 g/mol. The maximum atomic E-state index is 12.2. The van der Waals surface area contributed by atoms with E-state index in [0.717, 1.165) is 5.69 Å². The third-order valence-corrected chi connectivity index (χ3v) is 4.59. The molecule has 1 heterocycles. The first-order valence-corrected chi connectivity index (χ1v) is 8.64. The number of nitrogens with zero attached hydrogens (tertiary/aromatic N) is 1. The highest BCUT2D eigenvalue weighted by molar-refractivity contribution is 6.35. The number of amides is 3. The zero-order chi connectivity index (χ0) is 18.0. The normalized spacial score (nSPS) is 16.8. The van der Waals surface area contributed by atoms with Crippen molar-refractivity contribution in [1.29, 1.82) is 0 Å². The Labute approximate surface area is 159 Å². The van der Waals surface area contributed by atoms with Crippen molar-refractivity contribution in [3.8, 4) is 0 Å². The lowest BCUT2D eigenvalue weighted by molar-refractivity contribution is -0.117. The van der Waals surface area contributed by atoms with Crippen LogP contribution >= 0.6 is 34.8 Å². The van der Waals surface area contributed by atoms with Crippen LogP contribution in [0.25, 0.3) is 0 Å². The molecule has 2 N–H and O–H groups in total. The number of rotatable bonds is 3. The molecule has 0 aliphatic carbocycles. The van der Waals surface area contributed by atoms with Crippen LogP contribution in [-0.2, 0) is 4.79 Å². The molecule has 0 radical (unpaired) electrons. The van der Waals surface area contributed by atoms with Gasteiger partial charge in [-0.25, -0.2) is 4.79 Å². The van der Waals surface area contributed by atoms with Gasteiger partial charge in [0.1, 0.15) is 0 Å². The first-order chi connectivity index (χ1) is 11.9. The van der Waals surface area contributed by atoms with E-state index in [2.05, 4.69) is 10.6 Å². The fourth-order valence-corrected chi connectivity index (χ4v) is 3.07. The summed E-state index contributed by atoms with van der Waals surface area (Å²) in [6, 6.07) is 11.0. The van der Waals surface area contributed by atoms with Crippen LogP contribution < -0.4 is 15.5 Å². The average Bonchev–Trinajstić information content (AvgIpc) is 2.92. The lowest BCUT2D eigenvalue weighted by Crippen LogP contribution is -2.39. The van der Waals surface area contributed by atoms with Gasteiger partial charge in [-0.2, -0.15) is 0 Å². The highest BCUT2D eigenvalue weighted by atomic mass is 35.5. The van der Waals surface area contributed by atoms with Crippen LogP contribution in [0.2, 0.25) is 15.1 Å². The van der Waals surface area contributed by atoms with Crippen molar-refractivity contribution < 1.29 is 9.59 Å². The Balaban J connectivity index is 1.62. The van der Waals surface area contributed by atoms with Crippen LogP contribution in [0.3, 0.4) is 0 Å². The van der Waals surface area contributed by atoms with Gasteiger partial charge in [0.15, 0.2) is 0 Å². The number of anilines is 2. The van der Waals surface area contributed by atoms with Crippen LogP contribution in [0, 0.1) is 0 Å². The van der Waals surface area contributed by atoms with Crippen molar-refractivity contribution in [3.63, 3.8) is 0 Å². The number of halogens is 3. The van der Waals surface area contributed by atoms with Crippen molar-refractivity contribution in [1.82, 2.24) is 5.32 Å². The van der Waals surface area contributed by atoms with Crippen LogP contribution in [0.15, 0.2) is 42.5 Å². The monoisotopic (exact) mass is 397 g/mol. The molecular weight excluding hydrogens is 385 g/mol. The SMILES string of the molecule is O=C(Nc1cc(Cl)ccc1Cl)N[C@H]1CC(=O)N(c2ccc(Cl)cc2)C1. The van der Waals surface area contributed by atoms with Crippen molar-refractivity contribution in [2.45, 2.75) is 12.5 Å². The summed E-state index contributed by atoms with van der Waals surface area (Å²) in [6.45, 7) is 0.386. The third kappa shape index (κ3) is 4.37. The first-order valence-electron chi connectivity index (χ1n) is 7.51. The smallest absolute Gasteiger partial charge is 0.319 e. The van der Waals surface area contributed by atoms with Gasteiger partial charge in [-0.05, 0) is 42.5 Å². The van der Waals surface area contributed by atoms with Gasteiger partial charge in [0.2, 0.25) is 5.91 Å². The summed E-state index contributed by atoms with van der Waals surface area (Å²) < 4.78 is 0. The molecule has 130 valence electrons. The molecule has 2 aromatic carbocycles. The number of carbonyl (C=O) groups is 2. The Bertz CT molecular complexity index is 811. The Morgan fingerprint density at radius 1 is 1.04 bits per heavy atom. The van der Waals surface area contributed by atoms with Gasteiger partial charge in [0.05, 0.1) is 16.8 Å². The van der Waals surface area contributed by atoms with E-state index in [9.17, 15) is 9.59 Å². The zero-order valence-corrected chi connectivity index (χ0v) is 15.2. The summed E-state index contributed by atoms with van der Waals surface area (Å²) in [5.74, 6) is -0.0617. The summed E-state index contributed by atoms with van der Waals surface area (Å²) >= 11 is 17.8. The summed E-state index contributed by atoms with van der Waals surface area (Å²) in [6.07, 6.45) is 0.222. The van der Waals surface area contributed by atoms with Gasteiger partial charge in [0, 0.05) is 28.7 Å². The van der Waals surface area contributed by atoms with E-state index in [4.69, 9.17) is 34.8 Å². The van der Waals surface area contributed by atoms with E-state index >= 15 is 0 Å². The van der Waals surface area contributed by atoms with Crippen LogP contribution in [0.5, 0.6) is 0 Å². The summed E-state index contributed by atoms with van der Waals surface area (Å²) in [4.78, 5) is 26.0. The number of carbonyl (C=O) groups excluding carboxylic acids is 2. The molecule has 8 heteroatoms. The van der Waals surface area contributed by atoms with Gasteiger partial charge >= 0.3 is 6.03 Å². The Hall–Kier alpha value is -1.95. The zero-order valence-electron chi connectivity index (χ0n) is 12.9. The number of nitrogens with one attached hydrogen (secondary N) is 2. The van der Waals surface area contributed by atoms with E-state index < -0.39 is 6.03 Å². The van der Waals surface area contributed by atoms with Crippen LogP contribution in [0.4, 0.5) is 16.2 Å². The van der Waals surface area contributed by atoms with E-state index in [0.29, 0.717) is 27.3 Å². The van der Waals surface area contributed by atoms with Gasteiger partial charge in [-0.1, -0.05) is 34.8 Å². The fraction of sp³-hybridized carbons (Fsp3) is 0.176. The number of hydrogen-bond donors (Lipinski definition) is 2. The number of urea groups is 1. The quantitative estimate of drug-likeness (QED) is 0.795. The molecule has 1 fully saturated rings. The summed E-state index contributed by atoms with van der Waals surface area (Å²) in [7, 11) is 0. The second kappa shape index (κ2) is 7.52. The van der Waals surface area contributed by atoms with E-state index in [1.165, 1.54) is 0 Å². The van der Waals surface area contributed by atoms with Gasteiger partial charge < -0.3 is 15.5 Å². The molecule has 2 aromatic rings. The highest BCUT2D eigenvalue weighted by Crippen LogP contribution is 2.26. The Kier molecular flexibility index (Phi) is 5.37. The molecule has 0 aromatic heterocycles. The molecular formula is C17H14Cl3N3O2. The largest absolute Gasteiger partial charge is 0.333 e. The number of hydrogen-bond acceptors (Lipinski definition) is 2. The van der Waals surface area contributed by atoms with Gasteiger partial charge in [0.25, 0.3) is 0 Å². The molecule has 1 saturated heterocycles. The molecule has 0 unspecified atom stereocenters. The van der Waals surface area contributed by atoms with Crippen molar-refractivity contribution in [2.75, 3.05) is 16.8 Å². The van der Waals surface area contributed by atoms with Crippen LogP contribution in [-0.4, -0.2) is 24.5 Å². The lowest BCUT2D eigenvalue weighted by Gasteiger charge is -2.17. The Morgan fingerprint density at radius 2 is 1.72 bits per heavy atom. The summed E-state index contributed by atoms with van der Waals surface area (Å²) in [5, 5.41) is 6.86. The molecule has 0 saturated carbocycles. The molecule has 3 amide bonds. The maximum Gasteiger partial charge on any atom is 0.319 e. The third-order valence-electron chi connectivity index (χ3n) is 3.78. The molecule has 3 rings (SSSR count). The van der Waals surface area contributed by atoms with E-state index in [1.807, 2.05) is 0 Å². The predicted molar refractivity (Wildman–Crippen MR) is 101 cm³/mol. The van der Waals surface area contributed by atoms with E-state index in [-0.39, 0.29) is 18.4 Å². The molecule has 0 bridgehead atoms. The molecule has 1 atom stereocenters. The number of benzene rings is 2. The fourth-order valence-electron chi connectivity index (χ4n) is 2.61. The highest BCUT2D eigenvalue weighted by Gasteiger charge is 2.31. The first kappa shape index (κ1) is 17.9. The van der Waals surface area contributed by atoms with Gasteiger partial charge in [-0.3, -0.25) is 4.79 Å². The minimum atomic E-state index is -0.445. The molecule has 25 heavy (non-hydrogen) atoms. The molecule has 1 aliphatic rings. The molecule has 5 nitrogen and oxygen atoms in total. The predicted octanol–water partition coefficient (Wildman–Crippen LogP) is 4.57. The minimum Gasteiger partial charge on any atom is -0.333 e. The van der Waals surface area contributed by atoms with E-state index in [1.54, 1.807) is 47.4 Å². The Morgan fingerprint density at radius 3 is 2.44 bits per heavy atom. The van der Waals surface area contributed by atoms with Gasteiger partial charge in [-0.15, -0.1) is 0 Å². The van der Waals surface area contributed by atoms with Crippen molar-refractivity contribution in [2.24, 2.45) is 0 Å². The second-order valence-corrected chi connectivity index (χ2v) is 6.88. The maximum absolute atomic E-state index is 12.2. The minimum absolute atomic E-state index is 0.0617. The second-order valence-electron chi connectivity index (χ2n) is 5.60. The van der Waals surface area contributed by atoms with Crippen LogP contribution in [0.1, 0.15) is 6.42 Å². The van der Waals surface area contributed by atoms with Crippen molar-refractivity contribution >= 4 is 58.1 Å². The molecule has 0 spiro atoms. The topological polar surface area (TPSA) is 61.4 Å². The van der Waals surface area contributed by atoms with Crippen molar-refractivity contribution in [3.05, 3.63) is 57.5 Å². The molecule has 1 aliphatic heterocycles. The summed E-state index contributed by atoms with van der Waals surface area (Å²) in [5.41, 5.74) is 1.16.